The summed E-state index contributed by atoms with van der Waals surface area (Å²) in [5.41, 5.74) is 2.47. The summed E-state index contributed by atoms with van der Waals surface area (Å²) in [7, 11) is 0. The van der Waals surface area contributed by atoms with Gasteiger partial charge in [0.2, 0.25) is 5.91 Å². The zero-order valence-electron chi connectivity index (χ0n) is 12.8. The normalized spacial score (nSPS) is 12.1. The number of nitrogens with zero attached hydrogens (tertiary/aromatic N) is 3. The number of amides is 1. The Balaban J connectivity index is 1.79. The zero-order chi connectivity index (χ0) is 15.2. The molecule has 21 heavy (non-hydrogen) atoms. The molecule has 0 bridgehead atoms. The monoisotopic (exact) mass is 286 g/mol. The van der Waals surface area contributed by atoms with Gasteiger partial charge in [0.15, 0.2) is 0 Å². The van der Waals surface area contributed by atoms with Crippen LogP contribution in [0.4, 0.5) is 0 Å². The predicted molar refractivity (Wildman–Crippen MR) is 82.0 cm³/mol. The average Bonchev–Trinajstić information content (AvgIpc) is 2.85. The molecule has 1 N–H and O–H groups in total. The Bertz CT molecular complexity index is 606. The van der Waals surface area contributed by atoms with E-state index in [4.69, 9.17) is 0 Å². The molecule has 0 spiro atoms. The molecular formula is C16H22N4O. The van der Waals surface area contributed by atoms with E-state index in [9.17, 15) is 4.79 Å². The molecule has 2 aromatic rings. The van der Waals surface area contributed by atoms with Gasteiger partial charge in [0, 0.05) is 19.5 Å². The number of aromatic nitrogens is 3. The molecule has 0 unspecified atom stereocenters. The molecule has 0 aliphatic heterocycles. The van der Waals surface area contributed by atoms with Crippen molar-refractivity contribution in [2.24, 2.45) is 0 Å². The van der Waals surface area contributed by atoms with Crippen LogP contribution in [0.25, 0.3) is 0 Å². The minimum absolute atomic E-state index is 0.0801. The van der Waals surface area contributed by atoms with Crippen LogP contribution in [-0.2, 0) is 11.3 Å². The van der Waals surface area contributed by atoms with Crippen molar-refractivity contribution in [1.29, 1.82) is 0 Å². The van der Waals surface area contributed by atoms with Crippen molar-refractivity contribution in [1.82, 2.24) is 20.1 Å². The second-order valence-electron chi connectivity index (χ2n) is 5.38. The number of benzene rings is 1. The lowest BCUT2D eigenvalue weighted by Crippen LogP contribution is -2.28. The van der Waals surface area contributed by atoms with E-state index in [0.29, 0.717) is 19.5 Å². The van der Waals surface area contributed by atoms with Crippen molar-refractivity contribution in [2.45, 2.75) is 39.7 Å². The molecule has 112 valence electrons. The molecule has 1 amide bonds. The third-order valence-corrected chi connectivity index (χ3v) is 3.69. The topological polar surface area (TPSA) is 59.8 Å². The summed E-state index contributed by atoms with van der Waals surface area (Å²) in [5, 5.41) is 10.7. The molecule has 0 aliphatic carbocycles. The van der Waals surface area contributed by atoms with Gasteiger partial charge in [0.1, 0.15) is 12.2 Å². The average molecular weight is 286 g/mol. The Morgan fingerprint density at radius 1 is 1.33 bits per heavy atom. The lowest BCUT2D eigenvalue weighted by Gasteiger charge is -2.14. The van der Waals surface area contributed by atoms with Crippen molar-refractivity contribution in [3.05, 3.63) is 47.5 Å². The van der Waals surface area contributed by atoms with E-state index in [1.807, 2.05) is 23.6 Å². The van der Waals surface area contributed by atoms with Crippen molar-refractivity contribution in [3.63, 3.8) is 0 Å². The highest BCUT2D eigenvalue weighted by molar-refractivity contribution is 5.76. The Morgan fingerprint density at radius 2 is 2.10 bits per heavy atom. The molecular weight excluding hydrogens is 264 g/mol. The van der Waals surface area contributed by atoms with Gasteiger partial charge in [-0.25, -0.2) is 0 Å². The summed E-state index contributed by atoms with van der Waals surface area (Å²) >= 11 is 0. The molecule has 5 heteroatoms. The highest BCUT2D eigenvalue weighted by Crippen LogP contribution is 2.21. The van der Waals surface area contributed by atoms with E-state index in [1.54, 1.807) is 6.33 Å². The maximum atomic E-state index is 12.0. The number of hydrogen-bond acceptors (Lipinski definition) is 3. The van der Waals surface area contributed by atoms with Gasteiger partial charge in [-0.15, -0.1) is 10.2 Å². The highest BCUT2D eigenvalue weighted by atomic mass is 16.1. The van der Waals surface area contributed by atoms with Crippen LogP contribution in [-0.4, -0.2) is 27.2 Å². The quantitative estimate of drug-likeness (QED) is 0.885. The van der Waals surface area contributed by atoms with Crippen LogP contribution in [0.5, 0.6) is 0 Å². The van der Waals surface area contributed by atoms with Crippen LogP contribution in [0, 0.1) is 13.8 Å². The fourth-order valence-corrected chi connectivity index (χ4v) is 2.45. The molecule has 5 nitrogen and oxygen atoms in total. The predicted octanol–water partition coefficient (Wildman–Crippen LogP) is 2.20. The molecule has 1 aromatic heterocycles. The summed E-state index contributed by atoms with van der Waals surface area (Å²) in [5.74, 6) is 1.16. The van der Waals surface area contributed by atoms with Crippen molar-refractivity contribution >= 4 is 5.91 Å². The fraction of sp³-hybridized carbons (Fsp3) is 0.438. The first-order valence-electron chi connectivity index (χ1n) is 7.24. The van der Waals surface area contributed by atoms with Gasteiger partial charge < -0.3 is 9.88 Å². The molecule has 0 radical (unpaired) electrons. The van der Waals surface area contributed by atoms with Crippen molar-refractivity contribution in [3.8, 4) is 0 Å². The van der Waals surface area contributed by atoms with Crippen LogP contribution in [0.2, 0.25) is 0 Å². The summed E-state index contributed by atoms with van der Waals surface area (Å²) in [6.07, 6.45) is 2.18. The minimum Gasteiger partial charge on any atom is -0.354 e. The Hall–Kier alpha value is -2.17. The highest BCUT2D eigenvalue weighted by Gasteiger charge is 2.12. The van der Waals surface area contributed by atoms with Crippen molar-refractivity contribution in [2.75, 3.05) is 6.54 Å². The molecule has 1 aromatic carbocycles. The number of aryl methyl sites for hydroxylation is 2. The molecule has 2 rings (SSSR count). The molecule has 1 atom stereocenters. The van der Waals surface area contributed by atoms with Gasteiger partial charge in [-0.2, -0.15) is 0 Å². The van der Waals surface area contributed by atoms with Gasteiger partial charge in [-0.3, -0.25) is 4.79 Å². The van der Waals surface area contributed by atoms with E-state index in [-0.39, 0.29) is 11.8 Å². The first kappa shape index (κ1) is 15.2. The zero-order valence-corrected chi connectivity index (χ0v) is 12.8. The lowest BCUT2D eigenvalue weighted by molar-refractivity contribution is -0.121. The lowest BCUT2D eigenvalue weighted by atomic mass is 9.93. The van der Waals surface area contributed by atoms with Gasteiger partial charge in [-0.1, -0.05) is 31.2 Å². The maximum absolute atomic E-state index is 12.0. The third kappa shape index (κ3) is 4.15. The van der Waals surface area contributed by atoms with Gasteiger partial charge in [0.25, 0.3) is 0 Å². The second kappa shape index (κ2) is 7.02. The third-order valence-electron chi connectivity index (χ3n) is 3.69. The number of hydrogen-bond donors (Lipinski definition) is 1. The summed E-state index contributed by atoms with van der Waals surface area (Å²) in [6.45, 7) is 7.36. The summed E-state index contributed by atoms with van der Waals surface area (Å²) < 4.78 is 1.92. The van der Waals surface area contributed by atoms with E-state index in [2.05, 4.69) is 41.5 Å². The van der Waals surface area contributed by atoms with E-state index in [0.717, 1.165) is 5.82 Å². The van der Waals surface area contributed by atoms with Gasteiger partial charge in [-0.05, 0) is 30.9 Å². The molecule has 0 saturated carbocycles. The van der Waals surface area contributed by atoms with Crippen LogP contribution >= 0.6 is 0 Å². The second-order valence-corrected chi connectivity index (χ2v) is 5.38. The fourth-order valence-electron chi connectivity index (χ4n) is 2.45. The van der Waals surface area contributed by atoms with Gasteiger partial charge in [0.05, 0.1) is 0 Å². The van der Waals surface area contributed by atoms with Crippen LogP contribution in [0.3, 0.4) is 0 Å². The Morgan fingerprint density at radius 3 is 2.76 bits per heavy atom. The molecule has 0 aliphatic rings. The number of carbonyl (C=O) groups excluding carboxylic acids is 1. The van der Waals surface area contributed by atoms with E-state index >= 15 is 0 Å². The van der Waals surface area contributed by atoms with Crippen LogP contribution < -0.4 is 5.32 Å². The SMILES string of the molecule is Cc1ccccc1[C@@H](C)CC(=O)NCCn1cnnc1C. The largest absolute Gasteiger partial charge is 0.354 e. The number of nitrogens with one attached hydrogen (secondary N) is 1. The first-order valence-corrected chi connectivity index (χ1v) is 7.24. The molecule has 0 saturated heterocycles. The van der Waals surface area contributed by atoms with E-state index in [1.165, 1.54) is 11.1 Å². The maximum Gasteiger partial charge on any atom is 0.220 e. The number of carbonyl (C=O) groups is 1. The number of rotatable bonds is 6. The smallest absolute Gasteiger partial charge is 0.220 e. The molecule has 0 fully saturated rings. The Labute approximate surface area is 125 Å². The van der Waals surface area contributed by atoms with Crippen molar-refractivity contribution < 1.29 is 4.79 Å². The van der Waals surface area contributed by atoms with Crippen LogP contribution in [0.1, 0.15) is 36.2 Å². The summed E-state index contributed by atoms with van der Waals surface area (Å²) in [6, 6.07) is 8.21. The minimum atomic E-state index is 0.0801. The standard InChI is InChI=1S/C16H22N4O/c1-12-6-4-5-7-15(12)13(2)10-16(21)17-8-9-20-11-18-19-14(20)3/h4-7,11,13H,8-10H2,1-3H3,(H,17,21)/t13-/m0/s1. The first-order chi connectivity index (χ1) is 10.1. The van der Waals surface area contributed by atoms with E-state index < -0.39 is 0 Å². The Kier molecular flexibility index (Phi) is 5.09. The van der Waals surface area contributed by atoms with Crippen LogP contribution in [0.15, 0.2) is 30.6 Å². The summed E-state index contributed by atoms with van der Waals surface area (Å²) in [4.78, 5) is 12.0. The van der Waals surface area contributed by atoms with Gasteiger partial charge >= 0.3 is 0 Å². The molecule has 1 heterocycles.